The largest absolute Gasteiger partial charge is 0.310 e. The van der Waals surface area contributed by atoms with Crippen LogP contribution in [0.3, 0.4) is 0 Å². The highest BCUT2D eigenvalue weighted by atomic mass is 35.5. The van der Waals surface area contributed by atoms with Gasteiger partial charge in [-0.25, -0.2) is 9.97 Å². The number of rotatable bonds is 6. The Kier molecular flexibility index (Phi) is 5.70. The van der Waals surface area contributed by atoms with E-state index in [1.807, 2.05) is 6.07 Å². The lowest BCUT2D eigenvalue weighted by atomic mass is 10.2. The van der Waals surface area contributed by atoms with E-state index in [-0.39, 0.29) is 17.2 Å². The molecule has 0 unspecified atom stereocenters. The fourth-order valence-electron chi connectivity index (χ4n) is 2.31. The van der Waals surface area contributed by atoms with Gasteiger partial charge < -0.3 is 5.32 Å². The van der Waals surface area contributed by atoms with Gasteiger partial charge in [0.1, 0.15) is 5.82 Å². The number of hydrogen-bond donors (Lipinski definition) is 1. The molecule has 0 saturated carbocycles. The maximum atomic E-state index is 12.6. The van der Waals surface area contributed by atoms with E-state index in [0.29, 0.717) is 33.4 Å². The fourth-order valence-corrected chi connectivity index (χ4v) is 3.23. The molecular formula is C18H15ClN4O2S. The van der Waals surface area contributed by atoms with Gasteiger partial charge in [0.25, 0.3) is 5.56 Å². The molecule has 2 heterocycles. The van der Waals surface area contributed by atoms with Crippen molar-refractivity contribution >= 4 is 46.0 Å². The maximum Gasteiger partial charge on any atom is 0.262 e. The first-order valence-electron chi connectivity index (χ1n) is 7.73. The Bertz CT molecular complexity index is 1020. The molecule has 2 aromatic heterocycles. The number of nitrogens with zero attached hydrogens (tertiary/aromatic N) is 3. The number of anilines is 1. The highest BCUT2D eigenvalue weighted by Crippen LogP contribution is 2.18. The summed E-state index contributed by atoms with van der Waals surface area (Å²) in [5, 5.41) is 4.17. The van der Waals surface area contributed by atoms with Crippen molar-refractivity contribution in [3.05, 3.63) is 70.6 Å². The topological polar surface area (TPSA) is 76.9 Å². The van der Waals surface area contributed by atoms with Crippen LogP contribution in [-0.2, 0) is 11.3 Å². The summed E-state index contributed by atoms with van der Waals surface area (Å²) in [5.74, 6) is 0.249. The molecule has 1 N–H and O–H groups in total. The Labute approximate surface area is 158 Å². The van der Waals surface area contributed by atoms with Crippen LogP contribution in [0, 0.1) is 0 Å². The van der Waals surface area contributed by atoms with Gasteiger partial charge >= 0.3 is 0 Å². The molecule has 8 heteroatoms. The van der Waals surface area contributed by atoms with Crippen molar-refractivity contribution in [2.45, 2.75) is 11.7 Å². The van der Waals surface area contributed by atoms with Crippen molar-refractivity contribution < 1.29 is 4.79 Å². The van der Waals surface area contributed by atoms with Crippen LogP contribution in [0.2, 0.25) is 5.02 Å². The van der Waals surface area contributed by atoms with Crippen LogP contribution in [0.1, 0.15) is 0 Å². The van der Waals surface area contributed by atoms with E-state index < -0.39 is 0 Å². The lowest BCUT2D eigenvalue weighted by molar-refractivity contribution is -0.113. The van der Waals surface area contributed by atoms with E-state index in [2.05, 4.69) is 21.9 Å². The van der Waals surface area contributed by atoms with Crippen molar-refractivity contribution in [3.63, 3.8) is 0 Å². The molecule has 0 saturated heterocycles. The van der Waals surface area contributed by atoms with E-state index >= 15 is 0 Å². The van der Waals surface area contributed by atoms with E-state index in [4.69, 9.17) is 11.6 Å². The number of carbonyl (C=O) groups is 1. The summed E-state index contributed by atoms with van der Waals surface area (Å²) in [4.78, 5) is 33.3. The minimum Gasteiger partial charge on any atom is -0.310 e. The summed E-state index contributed by atoms with van der Waals surface area (Å²) in [6, 6.07) is 10.4. The summed E-state index contributed by atoms with van der Waals surface area (Å²) < 4.78 is 1.51. The standard InChI is InChI=1S/C18H15ClN4O2S/c1-2-9-23-17(25)13-5-3-4-6-14(13)21-18(23)26-11-16(24)22-15-8-7-12(19)10-20-15/h2-8,10H,1,9,11H2,(H,20,22,24). The third-order valence-corrected chi connectivity index (χ3v) is 4.67. The van der Waals surface area contributed by atoms with Crippen molar-refractivity contribution in [2.24, 2.45) is 0 Å². The summed E-state index contributed by atoms with van der Waals surface area (Å²) in [5.41, 5.74) is 0.442. The molecular weight excluding hydrogens is 372 g/mol. The van der Waals surface area contributed by atoms with Gasteiger partial charge in [-0.2, -0.15) is 0 Å². The number of halogens is 1. The smallest absolute Gasteiger partial charge is 0.262 e. The Morgan fingerprint density at radius 2 is 2.12 bits per heavy atom. The van der Waals surface area contributed by atoms with Crippen LogP contribution < -0.4 is 10.9 Å². The quantitative estimate of drug-likeness (QED) is 0.399. The van der Waals surface area contributed by atoms with Gasteiger partial charge in [-0.05, 0) is 24.3 Å². The number of nitrogens with one attached hydrogen (secondary N) is 1. The van der Waals surface area contributed by atoms with Gasteiger partial charge in [0.15, 0.2) is 5.16 Å². The van der Waals surface area contributed by atoms with Crippen molar-refractivity contribution in [1.29, 1.82) is 0 Å². The van der Waals surface area contributed by atoms with Crippen molar-refractivity contribution in [3.8, 4) is 0 Å². The van der Waals surface area contributed by atoms with Gasteiger partial charge in [-0.15, -0.1) is 6.58 Å². The molecule has 26 heavy (non-hydrogen) atoms. The lowest BCUT2D eigenvalue weighted by Crippen LogP contribution is -2.23. The minimum absolute atomic E-state index is 0.0895. The van der Waals surface area contributed by atoms with E-state index in [1.165, 1.54) is 22.5 Å². The average Bonchev–Trinajstić information content (AvgIpc) is 2.64. The molecule has 3 aromatic rings. The van der Waals surface area contributed by atoms with Gasteiger partial charge in [-0.1, -0.05) is 41.6 Å². The van der Waals surface area contributed by atoms with E-state index in [0.717, 1.165) is 0 Å². The number of carbonyl (C=O) groups excluding carboxylic acids is 1. The first-order chi connectivity index (χ1) is 12.6. The number of pyridine rings is 1. The summed E-state index contributed by atoms with van der Waals surface area (Å²) in [6.07, 6.45) is 3.08. The Morgan fingerprint density at radius 3 is 2.85 bits per heavy atom. The second-order valence-electron chi connectivity index (χ2n) is 5.31. The Morgan fingerprint density at radius 1 is 1.31 bits per heavy atom. The first kappa shape index (κ1) is 18.2. The van der Waals surface area contributed by atoms with Crippen LogP contribution in [0.4, 0.5) is 5.82 Å². The van der Waals surface area contributed by atoms with Crippen LogP contribution in [-0.4, -0.2) is 26.2 Å². The molecule has 0 bridgehead atoms. The van der Waals surface area contributed by atoms with Crippen molar-refractivity contribution in [1.82, 2.24) is 14.5 Å². The minimum atomic E-state index is -0.252. The number of allylic oxidation sites excluding steroid dienone is 1. The molecule has 132 valence electrons. The monoisotopic (exact) mass is 386 g/mol. The SMILES string of the molecule is C=CCn1c(SCC(=O)Nc2ccc(Cl)cn2)nc2ccccc2c1=O. The summed E-state index contributed by atoms with van der Waals surface area (Å²) in [7, 11) is 0. The predicted octanol–water partition coefficient (Wildman–Crippen LogP) is 3.36. The number of hydrogen-bond acceptors (Lipinski definition) is 5. The predicted molar refractivity (Wildman–Crippen MR) is 105 cm³/mol. The number of para-hydroxylation sites is 1. The van der Waals surface area contributed by atoms with Crippen LogP contribution >= 0.6 is 23.4 Å². The number of aromatic nitrogens is 3. The molecule has 0 spiro atoms. The molecule has 6 nitrogen and oxygen atoms in total. The van der Waals surface area contributed by atoms with E-state index in [9.17, 15) is 9.59 Å². The molecule has 0 aliphatic heterocycles. The zero-order valence-corrected chi connectivity index (χ0v) is 15.3. The van der Waals surface area contributed by atoms with Gasteiger partial charge in [0.2, 0.25) is 5.91 Å². The van der Waals surface area contributed by atoms with Crippen molar-refractivity contribution in [2.75, 3.05) is 11.1 Å². The Hall–Kier alpha value is -2.64. The zero-order valence-electron chi connectivity index (χ0n) is 13.7. The molecule has 0 radical (unpaired) electrons. The van der Waals surface area contributed by atoms with Gasteiger partial charge in [0, 0.05) is 12.7 Å². The Balaban J connectivity index is 1.80. The highest BCUT2D eigenvalue weighted by molar-refractivity contribution is 7.99. The number of amides is 1. The average molecular weight is 387 g/mol. The van der Waals surface area contributed by atoms with Gasteiger partial charge in [-0.3, -0.25) is 14.2 Å². The van der Waals surface area contributed by atoms with Gasteiger partial charge in [0.05, 0.1) is 21.7 Å². The highest BCUT2D eigenvalue weighted by Gasteiger charge is 2.12. The third-order valence-electron chi connectivity index (χ3n) is 3.47. The number of benzene rings is 1. The first-order valence-corrected chi connectivity index (χ1v) is 9.09. The lowest BCUT2D eigenvalue weighted by Gasteiger charge is -2.11. The molecule has 0 fully saturated rings. The molecule has 1 aromatic carbocycles. The normalized spacial score (nSPS) is 10.7. The van der Waals surface area contributed by atoms with Crippen LogP contribution in [0.5, 0.6) is 0 Å². The van der Waals surface area contributed by atoms with E-state index in [1.54, 1.807) is 36.4 Å². The van der Waals surface area contributed by atoms with Crippen LogP contribution in [0.15, 0.2) is 65.2 Å². The molecule has 0 aliphatic carbocycles. The maximum absolute atomic E-state index is 12.6. The second-order valence-corrected chi connectivity index (χ2v) is 6.69. The third kappa shape index (κ3) is 4.12. The number of thioether (sulfide) groups is 1. The fraction of sp³-hybridized carbons (Fsp3) is 0.111. The summed E-state index contributed by atoms with van der Waals surface area (Å²) in [6.45, 7) is 4.00. The second kappa shape index (κ2) is 8.16. The number of fused-ring (bicyclic) bond motifs is 1. The molecule has 1 amide bonds. The molecule has 3 rings (SSSR count). The molecule has 0 atom stereocenters. The summed E-state index contributed by atoms with van der Waals surface area (Å²) >= 11 is 6.96. The van der Waals surface area contributed by atoms with Crippen LogP contribution in [0.25, 0.3) is 10.9 Å². The zero-order chi connectivity index (χ0) is 18.5. The molecule has 0 aliphatic rings.